The van der Waals surface area contributed by atoms with Gasteiger partial charge in [-0.15, -0.1) is 0 Å². The highest BCUT2D eigenvalue weighted by Gasteiger charge is 2.32. The number of carbonyl (C=O) groups excluding carboxylic acids is 3. The number of aromatic amines is 1. The van der Waals surface area contributed by atoms with Crippen LogP contribution in [-0.4, -0.2) is 39.3 Å². The maximum Gasteiger partial charge on any atom is 0.313 e. The maximum absolute atomic E-state index is 12.8. The quantitative estimate of drug-likeness (QED) is 0.568. The van der Waals surface area contributed by atoms with Crippen LogP contribution >= 0.6 is 0 Å². The molecule has 0 saturated carbocycles. The minimum Gasteiger partial charge on any atom is -0.466 e. The van der Waals surface area contributed by atoms with Crippen molar-refractivity contribution in [1.82, 2.24) is 14.9 Å². The summed E-state index contributed by atoms with van der Waals surface area (Å²) in [6.45, 7) is 2.32. The highest BCUT2D eigenvalue weighted by Crippen LogP contribution is 2.25. The number of carbonyl (C=O) groups is 3. The molecule has 7 heteroatoms. The topological polar surface area (TPSA) is 92.4 Å². The van der Waals surface area contributed by atoms with E-state index in [0.29, 0.717) is 34.6 Å². The number of fused-ring (bicyclic) bond motifs is 2. The fraction of sp³-hybridized carbons (Fsp3) is 0.200. The SMILES string of the molecule is CCOC(=O)Cc1nc2ccc(C(=O)N3Cc4ccccc4C3=O)cc2[nH]1. The number of esters is 1. The Hall–Kier alpha value is -3.48. The summed E-state index contributed by atoms with van der Waals surface area (Å²) >= 11 is 0. The Bertz CT molecular complexity index is 1070. The van der Waals surface area contributed by atoms with Gasteiger partial charge < -0.3 is 9.72 Å². The van der Waals surface area contributed by atoms with E-state index < -0.39 is 0 Å². The van der Waals surface area contributed by atoms with E-state index in [-0.39, 0.29) is 30.7 Å². The monoisotopic (exact) mass is 363 g/mol. The van der Waals surface area contributed by atoms with Crippen LogP contribution in [0, 0.1) is 0 Å². The first-order valence-electron chi connectivity index (χ1n) is 8.65. The summed E-state index contributed by atoms with van der Waals surface area (Å²) in [5.41, 5.74) is 3.06. The molecule has 0 fully saturated rings. The molecule has 0 aliphatic carbocycles. The molecular formula is C20H17N3O4. The molecule has 0 saturated heterocycles. The number of nitrogens with zero attached hydrogens (tertiary/aromatic N) is 2. The van der Waals surface area contributed by atoms with Crippen LogP contribution in [0.2, 0.25) is 0 Å². The third kappa shape index (κ3) is 3.08. The average molecular weight is 363 g/mol. The second kappa shape index (κ2) is 6.68. The van der Waals surface area contributed by atoms with Crippen molar-refractivity contribution in [3.8, 4) is 0 Å². The van der Waals surface area contributed by atoms with E-state index in [1.807, 2.05) is 12.1 Å². The Kier molecular flexibility index (Phi) is 4.19. The van der Waals surface area contributed by atoms with Crippen LogP contribution < -0.4 is 0 Å². The van der Waals surface area contributed by atoms with Crippen molar-refractivity contribution < 1.29 is 19.1 Å². The fourth-order valence-electron chi connectivity index (χ4n) is 3.20. The van der Waals surface area contributed by atoms with Gasteiger partial charge in [-0.2, -0.15) is 0 Å². The molecular weight excluding hydrogens is 346 g/mol. The van der Waals surface area contributed by atoms with Crippen LogP contribution in [0.4, 0.5) is 0 Å². The van der Waals surface area contributed by atoms with Crippen molar-refractivity contribution in [2.24, 2.45) is 0 Å². The summed E-state index contributed by atoms with van der Waals surface area (Å²) in [4.78, 5) is 45.5. The molecule has 136 valence electrons. The lowest BCUT2D eigenvalue weighted by molar-refractivity contribution is -0.142. The molecule has 7 nitrogen and oxygen atoms in total. The van der Waals surface area contributed by atoms with Crippen molar-refractivity contribution in [3.63, 3.8) is 0 Å². The van der Waals surface area contributed by atoms with Crippen LogP contribution in [0.5, 0.6) is 0 Å². The summed E-state index contributed by atoms with van der Waals surface area (Å²) in [6, 6.07) is 12.2. The third-order valence-electron chi connectivity index (χ3n) is 4.46. The minimum atomic E-state index is -0.367. The predicted octanol–water partition coefficient (Wildman–Crippen LogP) is 2.46. The van der Waals surface area contributed by atoms with Crippen molar-refractivity contribution in [2.45, 2.75) is 19.9 Å². The zero-order valence-electron chi connectivity index (χ0n) is 14.7. The van der Waals surface area contributed by atoms with Gasteiger partial charge in [0.2, 0.25) is 0 Å². The Morgan fingerprint density at radius 2 is 2.04 bits per heavy atom. The molecule has 1 aromatic heterocycles. The highest BCUT2D eigenvalue weighted by atomic mass is 16.5. The third-order valence-corrected chi connectivity index (χ3v) is 4.46. The second-order valence-electron chi connectivity index (χ2n) is 6.25. The van der Waals surface area contributed by atoms with E-state index in [4.69, 9.17) is 4.74 Å². The van der Waals surface area contributed by atoms with E-state index in [9.17, 15) is 14.4 Å². The number of aromatic nitrogens is 2. The first kappa shape index (κ1) is 17.0. The number of hydrogen-bond acceptors (Lipinski definition) is 5. The number of benzene rings is 2. The van der Waals surface area contributed by atoms with Gasteiger partial charge in [-0.05, 0) is 36.8 Å². The normalized spacial score (nSPS) is 13.1. The number of rotatable bonds is 4. The Morgan fingerprint density at radius 3 is 2.81 bits per heavy atom. The molecule has 3 aromatic rings. The van der Waals surface area contributed by atoms with Crippen molar-refractivity contribution in [2.75, 3.05) is 6.61 Å². The van der Waals surface area contributed by atoms with Crippen LogP contribution in [0.3, 0.4) is 0 Å². The summed E-state index contributed by atoms with van der Waals surface area (Å²) < 4.78 is 4.92. The number of ether oxygens (including phenoxy) is 1. The van der Waals surface area contributed by atoms with E-state index in [2.05, 4.69) is 9.97 Å². The standard InChI is InChI=1S/C20H17N3O4/c1-2-27-18(24)10-17-21-15-8-7-12(9-16(15)22-17)19(25)23-11-13-5-3-4-6-14(13)20(23)26/h3-9H,2,10-11H2,1H3,(H,21,22). The van der Waals surface area contributed by atoms with Gasteiger partial charge in [0.1, 0.15) is 12.2 Å². The molecule has 1 aliphatic rings. The van der Waals surface area contributed by atoms with Gasteiger partial charge in [0.25, 0.3) is 11.8 Å². The molecule has 2 aromatic carbocycles. The van der Waals surface area contributed by atoms with E-state index in [1.54, 1.807) is 37.3 Å². The Labute approximate surface area is 155 Å². The molecule has 0 radical (unpaired) electrons. The van der Waals surface area contributed by atoms with Gasteiger partial charge in [0.15, 0.2) is 0 Å². The number of H-pyrrole nitrogens is 1. The van der Waals surface area contributed by atoms with Crippen LogP contribution in [0.1, 0.15) is 39.0 Å². The predicted molar refractivity (Wildman–Crippen MR) is 97.1 cm³/mol. The van der Waals surface area contributed by atoms with Gasteiger partial charge in [0, 0.05) is 11.1 Å². The molecule has 27 heavy (non-hydrogen) atoms. The molecule has 0 unspecified atom stereocenters. The van der Waals surface area contributed by atoms with E-state index in [0.717, 1.165) is 5.56 Å². The average Bonchev–Trinajstić information content (AvgIpc) is 3.21. The van der Waals surface area contributed by atoms with Gasteiger partial charge in [-0.3, -0.25) is 19.3 Å². The number of amides is 2. The van der Waals surface area contributed by atoms with Gasteiger partial charge in [-0.25, -0.2) is 4.98 Å². The van der Waals surface area contributed by atoms with Crippen molar-refractivity contribution in [1.29, 1.82) is 0 Å². The van der Waals surface area contributed by atoms with Crippen molar-refractivity contribution in [3.05, 3.63) is 65.0 Å². The lowest BCUT2D eigenvalue weighted by Crippen LogP contribution is -2.31. The van der Waals surface area contributed by atoms with Crippen LogP contribution in [-0.2, 0) is 22.5 Å². The maximum atomic E-state index is 12.8. The van der Waals surface area contributed by atoms with Gasteiger partial charge in [0.05, 0.1) is 24.2 Å². The number of nitrogens with one attached hydrogen (secondary N) is 1. The van der Waals surface area contributed by atoms with Crippen LogP contribution in [0.25, 0.3) is 11.0 Å². The molecule has 0 spiro atoms. The minimum absolute atomic E-state index is 0.0335. The molecule has 1 N–H and O–H groups in total. The molecule has 2 amide bonds. The van der Waals surface area contributed by atoms with E-state index >= 15 is 0 Å². The van der Waals surface area contributed by atoms with Gasteiger partial charge in [-0.1, -0.05) is 18.2 Å². The fourth-order valence-corrected chi connectivity index (χ4v) is 3.20. The zero-order chi connectivity index (χ0) is 19.0. The van der Waals surface area contributed by atoms with E-state index in [1.165, 1.54) is 4.90 Å². The smallest absolute Gasteiger partial charge is 0.313 e. The molecule has 0 bridgehead atoms. The molecule has 1 aliphatic heterocycles. The molecule has 4 rings (SSSR count). The molecule has 2 heterocycles. The largest absolute Gasteiger partial charge is 0.466 e. The number of imide groups is 1. The number of hydrogen-bond donors (Lipinski definition) is 1. The molecule has 0 atom stereocenters. The van der Waals surface area contributed by atoms with Crippen molar-refractivity contribution >= 4 is 28.8 Å². The summed E-state index contributed by atoms with van der Waals surface area (Å²) in [6.07, 6.45) is 0.0335. The van der Waals surface area contributed by atoms with Crippen LogP contribution in [0.15, 0.2) is 42.5 Å². The Morgan fingerprint density at radius 1 is 1.22 bits per heavy atom. The lowest BCUT2D eigenvalue weighted by Gasteiger charge is -2.13. The first-order chi connectivity index (χ1) is 13.1. The Balaban J connectivity index is 1.58. The highest BCUT2D eigenvalue weighted by molar-refractivity contribution is 6.13. The zero-order valence-corrected chi connectivity index (χ0v) is 14.7. The van der Waals surface area contributed by atoms with Gasteiger partial charge >= 0.3 is 5.97 Å². The first-order valence-corrected chi connectivity index (χ1v) is 8.65. The summed E-state index contributed by atoms with van der Waals surface area (Å²) in [7, 11) is 0. The lowest BCUT2D eigenvalue weighted by atomic mass is 10.1. The number of imidazole rings is 1. The summed E-state index contributed by atoms with van der Waals surface area (Å²) in [5.74, 6) is -0.547. The summed E-state index contributed by atoms with van der Waals surface area (Å²) in [5, 5.41) is 0. The second-order valence-corrected chi connectivity index (χ2v) is 6.25.